The number of rotatable bonds is 3. The molecule has 3 aromatic heterocycles. The van der Waals surface area contributed by atoms with Crippen LogP contribution >= 0.6 is 34.5 Å². The second kappa shape index (κ2) is 7.25. The largest absolute Gasteiger partial charge is 0.453 e. The van der Waals surface area contributed by atoms with E-state index >= 15 is 0 Å². The Balaban J connectivity index is 1.71. The number of nitrogen functional groups attached to an aromatic ring is 1. The van der Waals surface area contributed by atoms with Gasteiger partial charge in [-0.15, -0.1) is 16.4 Å². The van der Waals surface area contributed by atoms with Crippen molar-refractivity contribution in [3.8, 4) is 0 Å². The van der Waals surface area contributed by atoms with Crippen LogP contribution in [-0.4, -0.2) is 30.5 Å². The van der Waals surface area contributed by atoms with Crippen molar-refractivity contribution in [1.82, 2.24) is 24.5 Å². The minimum absolute atomic E-state index is 0.145. The van der Waals surface area contributed by atoms with Gasteiger partial charge >= 0.3 is 6.18 Å². The van der Waals surface area contributed by atoms with Gasteiger partial charge in [0.05, 0.1) is 17.1 Å². The number of nitrogens with zero attached hydrogens (tertiary/aromatic N) is 5. The van der Waals surface area contributed by atoms with E-state index in [1.807, 2.05) is 0 Å². The van der Waals surface area contributed by atoms with Crippen molar-refractivity contribution >= 4 is 56.6 Å². The average Bonchev–Trinajstić information content (AvgIpc) is 3.32. The Morgan fingerprint density at radius 2 is 1.97 bits per heavy atom. The highest BCUT2D eigenvalue weighted by molar-refractivity contribution is 7.20. The van der Waals surface area contributed by atoms with Crippen LogP contribution in [0.2, 0.25) is 10.0 Å². The molecular formula is C17H11Cl2F3N6OS. The maximum atomic E-state index is 12.8. The van der Waals surface area contributed by atoms with Gasteiger partial charge in [-0.3, -0.25) is 9.48 Å². The summed E-state index contributed by atoms with van der Waals surface area (Å²) in [5.74, 6) is -2.93. The molecule has 156 valence electrons. The second-order valence-corrected chi connectivity index (χ2v) is 8.19. The summed E-state index contributed by atoms with van der Waals surface area (Å²) in [7, 11) is 0. The Bertz CT molecular complexity index is 1290. The van der Waals surface area contributed by atoms with E-state index in [0.717, 1.165) is 16.9 Å². The van der Waals surface area contributed by atoms with Crippen LogP contribution in [0.5, 0.6) is 0 Å². The minimum Gasteiger partial charge on any atom is -0.368 e. The van der Waals surface area contributed by atoms with Crippen LogP contribution in [-0.2, 0) is 12.7 Å². The number of hydrogen-bond donors (Lipinski definition) is 1. The van der Waals surface area contributed by atoms with Crippen LogP contribution in [0.15, 0.2) is 24.3 Å². The molecule has 0 unspecified atom stereocenters. The molecule has 0 saturated carbocycles. The highest BCUT2D eigenvalue weighted by Gasteiger charge is 2.38. The molecule has 0 fully saturated rings. The first-order valence-corrected chi connectivity index (χ1v) is 9.87. The van der Waals surface area contributed by atoms with Crippen LogP contribution < -0.4 is 5.73 Å². The van der Waals surface area contributed by atoms with Gasteiger partial charge in [-0.2, -0.15) is 27.9 Å². The Labute approximate surface area is 180 Å². The lowest BCUT2D eigenvalue weighted by atomic mass is 10.2. The molecule has 0 atom stereocenters. The fourth-order valence-corrected chi connectivity index (χ4v) is 4.39. The fraction of sp³-hybridized carbons (Fsp3) is 0.176. The molecular weight excluding hydrogens is 464 g/mol. The van der Waals surface area contributed by atoms with Gasteiger partial charge in [-0.1, -0.05) is 29.3 Å². The molecule has 13 heteroatoms. The molecule has 0 bridgehead atoms. The molecule has 0 aliphatic rings. The lowest BCUT2D eigenvalue weighted by molar-refractivity contribution is -0.144. The van der Waals surface area contributed by atoms with Crippen molar-refractivity contribution in [1.29, 1.82) is 0 Å². The lowest BCUT2D eigenvalue weighted by Crippen LogP contribution is -2.16. The Kier molecular flexibility index (Phi) is 4.99. The molecule has 0 aliphatic carbocycles. The van der Waals surface area contributed by atoms with E-state index in [1.165, 1.54) is 0 Å². The van der Waals surface area contributed by atoms with Crippen LogP contribution in [0, 0.1) is 6.92 Å². The Morgan fingerprint density at radius 3 is 2.60 bits per heavy atom. The average molecular weight is 475 g/mol. The summed E-state index contributed by atoms with van der Waals surface area (Å²) < 4.78 is 40.5. The van der Waals surface area contributed by atoms with Gasteiger partial charge in [0, 0.05) is 15.4 Å². The molecule has 4 aromatic rings. The van der Waals surface area contributed by atoms with E-state index in [2.05, 4.69) is 15.2 Å². The number of thiophene rings is 1. The molecule has 30 heavy (non-hydrogen) atoms. The maximum Gasteiger partial charge on any atom is 0.453 e. The molecule has 0 amide bonds. The van der Waals surface area contributed by atoms with Gasteiger partial charge in [-0.05, 0) is 30.7 Å². The molecule has 0 saturated heterocycles. The first-order valence-electron chi connectivity index (χ1n) is 8.30. The van der Waals surface area contributed by atoms with Gasteiger partial charge in [-0.25, -0.2) is 0 Å². The molecule has 0 spiro atoms. The number of halogens is 5. The van der Waals surface area contributed by atoms with E-state index < -0.39 is 23.9 Å². The number of aryl methyl sites for hydroxylation is 1. The topological polar surface area (TPSA) is 91.6 Å². The summed E-state index contributed by atoms with van der Waals surface area (Å²) in [5, 5.41) is 9.30. The number of hydrogen-bond acceptors (Lipinski definition) is 6. The quantitative estimate of drug-likeness (QED) is 0.466. The van der Waals surface area contributed by atoms with Crippen molar-refractivity contribution in [2.24, 2.45) is 0 Å². The second-order valence-electron chi connectivity index (χ2n) is 6.32. The molecule has 4 rings (SSSR count). The fourth-order valence-electron chi connectivity index (χ4n) is 2.83. The van der Waals surface area contributed by atoms with Gasteiger partial charge in [0.2, 0.25) is 5.95 Å². The number of alkyl halides is 3. The van der Waals surface area contributed by atoms with Gasteiger partial charge in [0.1, 0.15) is 4.83 Å². The third kappa shape index (κ3) is 3.64. The first kappa shape index (κ1) is 20.6. The Hall–Kier alpha value is -2.63. The molecule has 3 heterocycles. The van der Waals surface area contributed by atoms with Crippen molar-refractivity contribution < 1.29 is 18.0 Å². The third-order valence-electron chi connectivity index (χ3n) is 4.23. The number of nitrogens with two attached hydrogens (primary N) is 1. The van der Waals surface area contributed by atoms with E-state index in [9.17, 15) is 18.0 Å². The maximum absolute atomic E-state index is 12.8. The monoisotopic (exact) mass is 474 g/mol. The van der Waals surface area contributed by atoms with Crippen LogP contribution in [0.4, 0.5) is 19.1 Å². The van der Waals surface area contributed by atoms with Crippen LogP contribution in [0.3, 0.4) is 0 Å². The summed E-state index contributed by atoms with van der Waals surface area (Å²) in [6.07, 6.45) is -4.81. The summed E-state index contributed by atoms with van der Waals surface area (Å²) in [6, 6.07) is 6.62. The first-order chi connectivity index (χ1) is 14.0. The zero-order valence-electron chi connectivity index (χ0n) is 15.0. The highest BCUT2D eigenvalue weighted by atomic mass is 35.5. The zero-order valence-corrected chi connectivity index (χ0v) is 17.4. The smallest absolute Gasteiger partial charge is 0.368 e. The van der Waals surface area contributed by atoms with Crippen molar-refractivity contribution in [2.75, 3.05) is 5.73 Å². The SMILES string of the molecule is Cc1nn(Cc2ccc(Cl)cc2Cl)c2sc(C(=O)n3nc(C(F)(F)F)nc3N)cc12. The molecule has 0 aliphatic heterocycles. The van der Waals surface area contributed by atoms with E-state index in [0.29, 0.717) is 37.2 Å². The molecule has 0 radical (unpaired) electrons. The normalized spacial score (nSPS) is 12.1. The van der Waals surface area contributed by atoms with E-state index in [4.69, 9.17) is 28.9 Å². The number of anilines is 1. The van der Waals surface area contributed by atoms with Crippen molar-refractivity contribution in [3.05, 3.63) is 56.3 Å². The number of carbonyl (C=O) groups excluding carboxylic acids is 1. The van der Waals surface area contributed by atoms with Crippen molar-refractivity contribution in [2.45, 2.75) is 19.6 Å². The predicted molar refractivity (Wildman–Crippen MR) is 107 cm³/mol. The number of benzene rings is 1. The lowest BCUT2D eigenvalue weighted by Gasteiger charge is -2.06. The van der Waals surface area contributed by atoms with Crippen molar-refractivity contribution in [3.63, 3.8) is 0 Å². The summed E-state index contributed by atoms with van der Waals surface area (Å²) in [6.45, 7) is 2.08. The zero-order chi connectivity index (χ0) is 21.8. The minimum atomic E-state index is -4.81. The Morgan fingerprint density at radius 1 is 1.23 bits per heavy atom. The summed E-state index contributed by atoms with van der Waals surface area (Å²) in [4.78, 5) is 16.6. The number of fused-ring (bicyclic) bond motifs is 1. The number of carbonyl (C=O) groups is 1. The summed E-state index contributed by atoms with van der Waals surface area (Å²) >= 11 is 13.2. The van der Waals surface area contributed by atoms with Crippen LogP contribution in [0.25, 0.3) is 10.2 Å². The van der Waals surface area contributed by atoms with Gasteiger partial charge in [0.25, 0.3) is 11.7 Å². The van der Waals surface area contributed by atoms with E-state index in [1.54, 1.807) is 35.9 Å². The standard InChI is InChI=1S/C17H11Cl2F3N6OS/c1-7-10-5-12(13(29)28-16(23)24-15(26-28)17(20,21)22)30-14(10)27(25-7)6-8-2-3-9(18)4-11(8)19/h2-5H,6H2,1H3,(H2,23,24,26). The molecule has 2 N–H and O–H groups in total. The predicted octanol–water partition coefficient (Wildman–Crippen LogP) is 4.64. The van der Waals surface area contributed by atoms with Gasteiger partial charge < -0.3 is 5.73 Å². The third-order valence-corrected chi connectivity index (χ3v) is 5.95. The van der Waals surface area contributed by atoms with E-state index in [-0.39, 0.29) is 4.88 Å². The molecule has 7 nitrogen and oxygen atoms in total. The summed E-state index contributed by atoms with van der Waals surface area (Å²) in [5.41, 5.74) is 6.88. The van der Waals surface area contributed by atoms with Crippen LogP contribution in [0.1, 0.15) is 26.8 Å². The number of aromatic nitrogens is 5. The van der Waals surface area contributed by atoms with Gasteiger partial charge in [0.15, 0.2) is 0 Å². The highest BCUT2D eigenvalue weighted by Crippen LogP contribution is 2.32. The molecule has 1 aromatic carbocycles.